The SMILES string of the molecule is O=C(OCCOCCOCCOCCOCCOCCOCCOCCOCCOc1ccccc1)C(=O)c1ccccc1. The molecule has 12 nitrogen and oxygen atoms in total. The van der Waals surface area contributed by atoms with Crippen molar-refractivity contribution in [2.75, 3.05) is 119 Å². The van der Waals surface area contributed by atoms with Crippen molar-refractivity contribution in [2.24, 2.45) is 0 Å². The van der Waals surface area contributed by atoms with E-state index in [1.54, 1.807) is 30.3 Å². The number of rotatable bonds is 30. The van der Waals surface area contributed by atoms with E-state index in [2.05, 4.69) is 0 Å². The predicted octanol–water partition coefficient (Wildman–Crippen LogP) is 2.62. The molecule has 246 valence electrons. The van der Waals surface area contributed by atoms with E-state index < -0.39 is 11.8 Å². The summed E-state index contributed by atoms with van der Waals surface area (Å²) < 4.78 is 53.9. The van der Waals surface area contributed by atoms with Gasteiger partial charge in [0.1, 0.15) is 19.0 Å². The van der Waals surface area contributed by atoms with E-state index in [4.69, 9.17) is 47.4 Å². The lowest BCUT2D eigenvalue weighted by Crippen LogP contribution is -2.20. The fourth-order valence-electron chi connectivity index (χ4n) is 3.34. The molecule has 0 unspecified atom stereocenters. The second-order valence-corrected chi connectivity index (χ2v) is 8.89. The van der Waals surface area contributed by atoms with Crippen LogP contribution in [0.2, 0.25) is 0 Å². The van der Waals surface area contributed by atoms with Crippen LogP contribution in [0.25, 0.3) is 0 Å². The average molecular weight is 623 g/mol. The number of carbonyl (C=O) groups excluding carboxylic acids is 2. The van der Waals surface area contributed by atoms with Crippen molar-refractivity contribution in [1.82, 2.24) is 0 Å². The van der Waals surface area contributed by atoms with Gasteiger partial charge in [0.15, 0.2) is 0 Å². The Labute approximate surface area is 259 Å². The zero-order valence-electron chi connectivity index (χ0n) is 25.4. The first kappa shape index (κ1) is 37.2. The molecule has 0 aliphatic rings. The van der Waals surface area contributed by atoms with Crippen LogP contribution in [-0.2, 0) is 47.4 Å². The van der Waals surface area contributed by atoms with E-state index in [1.165, 1.54) is 0 Å². The van der Waals surface area contributed by atoms with E-state index >= 15 is 0 Å². The maximum Gasteiger partial charge on any atom is 0.379 e. The highest BCUT2D eigenvalue weighted by Crippen LogP contribution is 2.07. The van der Waals surface area contributed by atoms with Gasteiger partial charge in [0.05, 0.1) is 106 Å². The summed E-state index contributed by atoms with van der Waals surface area (Å²) in [5.41, 5.74) is 0.297. The Morgan fingerprint density at radius 3 is 1.09 bits per heavy atom. The van der Waals surface area contributed by atoms with Crippen LogP contribution in [0.3, 0.4) is 0 Å². The number of para-hydroxylation sites is 1. The second-order valence-electron chi connectivity index (χ2n) is 8.89. The monoisotopic (exact) mass is 622 g/mol. The maximum atomic E-state index is 11.9. The van der Waals surface area contributed by atoms with Crippen LogP contribution in [0, 0.1) is 0 Å². The molecule has 0 N–H and O–H groups in total. The molecule has 0 aliphatic carbocycles. The molecule has 0 fully saturated rings. The number of esters is 1. The first-order chi connectivity index (χ1) is 21.8. The third-order valence-electron chi connectivity index (χ3n) is 5.53. The lowest BCUT2D eigenvalue weighted by atomic mass is 10.1. The molecule has 44 heavy (non-hydrogen) atoms. The minimum Gasteiger partial charge on any atom is -0.491 e. The van der Waals surface area contributed by atoms with Gasteiger partial charge in [-0.2, -0.15) is 0 Å². The van der Waals surface area contributed by atoms with Gasteiger partial charge in [0.25, 0.3) is 5.78 Å². The van der Waals surface area contributed by atoms with Crippen molar-refractivity contribution in [3.05, 3.63) is 66.2 Å². The number of hydrogen-bond acceptors (Lipinski definition) is 12. The number of ether oxygens (including phenoxy) is 10. The Morgan fingerprint density at radius 2 is 0.705 bits per heavy atom. The summed E-state index contributed by atoms with van der Waals surface area (Å²) in [4.78, 5) is 23.6. The van der Waals surface area contributed by atoms with Crippen molar-refractivity contribution in [1.29, 1.82) is 0 Å². The topological polar surface area (TPSA) is 126 Å². The largest absolute Gasteiger partial charge is 0.491 e. The average Bonchev–Trinajstić information content (AvgIpc) is 3.06. The molecule has 0 radical (unpaired) electrons. The van der Waals surface area contributed by atoms with Crippen molar-refractivity contribution < 1.29 is 57.0 Å². The normalized spacial score (nSPS) is 11.0. The van der Waals surface area contributed by atoms with Gasteiger partial charge in [0.2, 0.25) is 0 Å². The lowest BCUT2D eigenvalue weighted by Gasteiger charge is -2.09. The van der Waals surface area contributed by atoms with Crippen LogP contribution < -0.4 is 4.74 Å². The first-order valence-corrected chi connectivity index (χ1v) is 14.8. The van der Waals surface area contributed by atoms with Gasteiger partial charge in [-0.05, 0) is 12.1 Å². The number of benzene rings is 2. The predicted molar refractivity (Wildman–Crippen MR) is 160 cm³/mol. The van der Waals surface area contributed by atoms with Gasteiger partial charge in [0, 0.05) is 5.56 Å². The molecule has 12 heteroatoms. The lowest BCUT2D eigenvalue weighted by molar-refractivity contribution is -0.139. The molecule has 2 aromatic carbocycles. The molecule has 0 aromatic heterocycles. The van der Waals surface area contributed by atoms with Crippen molar-refractivity contribution >= 4 is 11.8 Å². The van der Waals surface area contributed by atoms with Crippen molar-refractivity contribution in [2.45, 2.75) is 0 Å². The standard InChI is InChI=1S/C32H46O12/c33-31(29-7-3-1-4-8-29)32(34)44-28-26-42-24-22-40-20-18-38-16-14-36-12-11-35-13-15-37-17-19-39-21-23-41-25-27-43-30-9-5-2-6-10-30/h1-10H,11-28H2. The van der Waals surface area contributed by atoms with Crippen molar-refractivity contribution in [3.63, 3.8) is 0 Å². The van der Waals surface area contributed by atoms with Gasteiger partial charge < -0.3 is 47.4 Å². The molecular weight excluding hydrogens is 576 g/mol. The third kappa shape index (κ3) is 20.9. The van der Waals surface area contributed by atoms with E-state index in [9.17, 15) is 9.59 Å². The molecule has 0 amide bonds. The van der Waals surface area contributed by atoms with Gasteiger partial charge in [-0.25, -0.2) is 4.79 Å². The van der Waals surface area contributed by atoms with Gasteiger partial charge >= 0.3 is 5.97 Å². The highest BCUT2D eigenvalue weighted by molar-refractivity contribution is 6.40. The summed E-state index contributed by atoms with van der Waals surface area (Å²) >= 11 is 0. The first-order valence-electron chi connectivity index (χ1n) is 14.8. The Balaban J connectivity index is 1.18. The highest BCUT2D eigenvalue weighted by atomic mass is 16.6. The van der Waals surface area contributed by atoms with Gasteiger partial charge in [-0.15, -0.1) is 0 Å². The number of ketones is 1. The van der Waals surface area contributed by atoms with Crippen molar-refractivity contribution in [3.8, 4) is 5.75 Å². The molecule has 0 saturated heterocycles. The highest BCUT2D eigenvalue weighted by Gasteiger charge is 2.17. The summed E-state index contributed by atoms with van der Waals surface area (Å²) in [5, 5.41) is 0. The third-order valence-corrected chi connectivity index (χ3v) is 5.53. The molecule has 0 saturated carbocycles. The number of hydrogen-bond donors (Lipinski definition) is 0. The maximum absolute atomic E-state index is 11.9. The van der Waals surface area contributed by atoms with E-state index in [0.29, 0.717) is 111 Å². The Bertz CT molecular complexity index is 945. The van der Waals surface area contributed by atoms with Crippen LogP contribution in [0.5, 0.6) is 5.75 Å². The van der Waals surface area contributed by atoms with Crippen LogP contribution in [0.4, 0.5) is 0 Å². The summed E-state index contributed by atoms with van der Waals surface area (Å²) in [7, 11) is 0. The molecule has 0 bridgehead atoms. The second kappa shape index (κ2) is 27.6. The zero-order valence-corrected chi connectivity index (χ0v) is 25.4. The molecule has 0 spiro atoms. The fourth-order valence-corrected chi connectivity index (χ4v) is 3.34. The molecule has 2 rings (SSSR count). The summed E-state index contributed by atoms with van der Waals surface area (Å²) in [6, 6.07) is 17.9. The molecule has 0 atom stereocenters. The molecule has 0 aliphatic heterocycles. The van der Waals surface area contributed by atoms with Gasteiger partial charge in [-0.1, -0.05) is 48.5 Å². The summed E-state index contributed by atoms with van der Waals surface area (Å²) in [5.74, 6) is -0.734. The molecule has 2 aromatic rings. The number of Topliss-reactive ketones (excluding diaryl/α,β-unsaturated/α-hetero) is 1. The molecule has 0 heterocycles. The molecular formula is C32H46O12. The van der Waals surface area contributed by atoms with Gasteiger partial charge in [-0.3, -0.25) is 4.79 Å². The smallest absolute Gasteiger partial charge is 0.379 e. The van der Waals surface area contributed by atoms with E-state index in [0.717, 1.165) is 5.75 Å². The Kier molecular flexibility index (Phi) is 23.4. The minimum atomic E-state index is -0.896. The quantitative estimate of drug-likeness (QED) is 0.0550. The van der Waals surface area contributed by atoms with E-state index in [-0.39, 0.29) is 13.2 Å². The Hall–Kier alpha value is -2.94. The fraction of sp³-hybridized carbons (Fsp3) is 0.562. The number of carbonyl (C=O) groups is 2. The zero-order chi connectivity index (χ0) is 31.2. The summed E-state index contributed by atoms with van der Waals surface area (Å²) in [6.45, 7) is 7.70. The minimum absolute atomic E-state index is 0.000554. The summed E-state index contributed by atoms with van der Waals surface area (Å²) in [6.07, 6.45) is 0. The van der Waals surface area contributed by atoms with Crippen LogP contribution in [0.15, 0.2) is 60.7 Å². The Morgan fingerprint density at radius 1 is 0.386 bits per heavy atom. The van der Waals surface area contributed by atoms with Crippen LogP contribution in [0.1, 0.15) is 10.4 Å². The van der Waals surface area contributed by atoms with E-state index in [1.807, 2.05) is 30.3 Å². The van der Waals surface area contributed by atoms with Crippen LogP contribution in [-0.4, -0.2) is 131 Å². The van der Waals surface area contributed by atoms with Crippen LogP contribution >= 0.6 is 0 Å².